The third-order valence-electron chi connectivity index (χ3n) is 4.17. The summed E-state index contributed by atoms with van der Waals surface area (Å²) in [5.74, 6) is -2.65. The fourth-order valence-electron chi connectivity index (χ4n) is 2.96. The number of piperazine rings is 1. The lowest BCUT2D eigenvalue weighted by molar-refractivity contribution is -0.133. The Morgan fingerprint density at radius 2 is 1.96 bits per heavy atom. The molecule has 0 saturated carbocycles. The third kappa shape index (κ3) is 3.43. The Morgan fingerprint density at radius 3 is 2.75 bits per heavy atom. The molecule has 0 radical (unpaired) electrons. The summed E-state index contributed by atoms with van der Waals surface area (Å²) in [4.78, 5) is 14.2. The highest BCUT2D eigenvalue weighted by molar-refractivity contribution is 5.79. The first-order chi connectivity index (χ1) is 11.6. The van der Waals surface area contributed by atoms with Gasteiger partial charge in [-0.1, -0.05) is 24.3 Å². The molecule has 1 heterocycles. The minimum atomic E-state index is -0.997. The van der Waals surface area contributed by atoms with Crippen molar-refractivity contribution in [3.8, 4) is 0 Å². The Kier molecular flexibility index (Phi) is 4.85. The van der Waals surface area contributed by atoms with Crippen LogP contribution in [-0.2, 0) is 11.2 Å². The van der Waals surface area contributed by atoms with Gasteiger partial charge in [0.25, 0.3) is 0 Å². The fourth-order valence-corrected chi connectivity index (χ4v) is 2.96. The zero-order valence-corrected chi connectivity index (χ0v) is 12.9. The molecular weight excluding hydrogens is 317 g/mol. The number of carbonyl (C=O) groups excluding carboxylic acids is 1. The Balaban J connectivity index is 1.82. The van der Waals surface area contributed by atoms with Crippen molar-refractivity contribution in [1.82, 2.24) is 10.2 Å². The van der Waals surface area contributed by atoms with Crippen LogP contribution in [0.15, 0.2) is 42.5 Å². The second-order valence-corrected chi connectivity index (χ2v) is 5.75. The zero-order chi connectivity index (χ0) is 17.1. The average molecular weight is 334 g/mol. The standard InChI is InChI=1S/C18H17F3N2O/c19-14-5-1-3-12(9-14)16-11-22-7-8-23(16)17(24)10-13-4-2-6-15(20)18(13)21/h1-6,9,16,22H,7-8,10-11H2. The molecule has 126 valence electrons. The van der Waals surface area contributed by atoms with Crippen molar-refractivity contribution in [3.05, 3.63) is 71.0 Å². The van der Waals surface area contributed by atoms with E-state index >= 15 is 0 Å². The topological polar surface area (TPSA) is 32.3 Å². The quantitative estimate of drug-likeness (QED) is 0.936. The number of hydrogen-bond donors (Lipinski definition) is 1. The van der Waals surface area contributed by atoms with E-state index in [1.54, 1.807) is 17.0 Å². The minimum absolute atomic E-state index is 0.0246. The summed E-state index contributed by atoms with van der Waals surface area (Å²) in [6.45, 7) is 1.51. The van der Waals surface area contributed by atoms with Gasteiger partial charge in [-0.25, -0.2) is 13.2 Å². The summed E-state index contributed by atoms with van der Waals surface area (Å²) in [5.41, 5.74) is 0.701. The number of benzene rings is 2. The van der Waals surface area contributed by atoms with Crippen LogP contribution in [0.5, 0.6) is 0 Å². The van der Waals surface area contributed by atoms with Gasteiger partial charge in [0.2, 0.25) is 5.91 Å². The summed E-state index contributed by atoms with van der Waals surface area (Å²) in [5, 5.41) is 3.17. The highest BCUT2D eigenvalue weighted by Crippen LogP contribution is 2.24. The lowest BCUT2D eigenvalue weighted by Crippen LogP contribution is -2.49. The maximum absolute atomic E-state index is 13.8. The molecule has 0 aliphatic carbocycles. The Bertz CT molecular complexity index is 751. The van der Waals surface area contributed by atoms with Crippen molar-refractivity contribution in [3.63, 3.8) is 0 Å². The third-order valence-corrected chi connectivity index (χ3v) is 4.17. The van der Waals surface area contributed by atoms with Gasteiger partial charge in [-0.3, -0.25) is 4.79 Å². The van der Waals surface area contributed by atoms with Crippen LogP contribution < -0.4 is 5.32 Å². The van der Waals surface area contributed by atoms with Gasteiger partial charge in [0.05, 0.1) is 12.5 Å². The molecule has 1 aliphatic heterocycles. The molecule has 1 unspecified atom stereocenters. The van der Waals surface area contributed by atoms with Gasteiger partial charge < -0.3 is 10.2 Å². The van der Waals surface area contributed by atoms with Crippen LogP contribution in [0.3, 0.4) is 0 Å². The fraction of sp³-hybridized carbons (Fsp3) is 0.278. The molecule has 0 bridgehead atoms. The minimum Gasteiger partial charge on any atom is -0.333 e. The van der Waals surface area contributed by atoms with Crippen LogP contribution in [-0.4, -0.2) is 30.4 Å². The van der Waals surface area contributed by atoms with Crippen LogP contribution in [0.25, 0.3) is 0 Å². The largest absolute Gasteiger partial charge is 0.333 e. The van der Waals surface area contributed by atoms with Crippen LogP contribution in [0.1, 0.15) is 17.2 Å². The highest BCUT2D eigenvalue weighted by atomic mass is 19.2. The summed E-state index contributed by atoms with van der Waals surface area (Å²) < 4.78 is 40.6. The molecule has 2 aromatic carbocycles. The highest BCUT2D eigenvalue weighted by Gasteiger charge is 2.28. The van der Waals surface area contributed by atoms with Gasteiger partial charge >= 0.3 is 0 Å². The number of hydrogen-bond acceptors (Lipinski definition) is 2. The first-order valence-corrected chi connectivity index (χ1v) is 7.75. The summed E-state index contributed by atoms with van der Waals surface area (Å²) in [6, 6.07) is 9.54. The van der Waals surface area contributed by atoms with Gasteiger partial charge in [-0.15, -0.1) is 0 Å². The molecule has 3 nitrogen and oxygen atoms in total. The molecule has 1 saturated heterocycles. The predicted octanol–water partition coefficient (Wildman–Crippen LogP) is 2.82. The molecule has 6 heteroatoms. The van der Waals surface area contributed by atoms with Gasteiger partial charge in [-0.05, 0) is 23.8 Å². The van der Waals surface area contributed by atoms with E-state index in [9.17, 15) is 18.0 Å². The maximum Gasteiger partial charge on any atom is 0.227 e. The maximum atomic E-state index is 13.8. The van der Waals surface area contributed by atoms with Crippen molar-refractivity contribution < 1.29 is 18.0 Å². The monoisotopic (exact) mass is 334 g/mol. The van der Waals surface area contributed by atoms with E-state index in [4.69, 9.17) is 0 Å². The normalized spacial score (nSPS) is 17.8. The zero-order valence-electron chi connectivity index (χ0n) is 12.9. The van der Waals surface area contributed by atoms with E-state index in [0.29, 0.717) is 25.2 Å². The van der Waals surface area contributed by atoms with Crippen LogP contribution in [0.2, 0.25) is 0 Å². The number of nitrogens with one attached hydrogen (secondary N) is 1. The number of nitrogens with zero attached hydrogens (tertiary/aromatic N) is 1. The van der Waals surface area contributed by atoms with Crippen LogP contribution in [0, 0.1) is 17.5 Å². The second-order valence-electron chi connectivity index (χ2n) is 5.75. The molecule has 2 aromatic rings. The van der Waals surface area contributed by atoms with E-state index in [0.717, 1.165) is 6.07 Å². The summed E-state index contributed by atoms with van der Waals surface area (Å²) in [6.07, 6.45) is -0.227. The summed E-state index contributed by atoms with van der Waals surface area (Å²) >= 11 is 0. The van der Waals surface area contributed by atoms with Crippen molar-refractivity contribution in [2.45, 2.75) is 12.5 Å². The first kappa shape index (κ1) is 16.5. The Labute approximate surface area is 138 Å². The van der Waals surface area contributed by atoms with E-state index in [2.05, 4.69) is 5.32 Å². The molecule has 0 aromatic heterocycles. The smallest absolute Gasteiger partial charge is 0.227 e. The van der Waals surface area contributed by atoms with Crippen molar-refractivity contribution in [1.29, 1.82) is 0 Å². The SMILES string of the molecule is O=C(Cc1cccc(F)c1F)N1CCNCC1c1cccc(F)c1. The number of carbonyl (C=O) groups is 1. The predicted molar refractivity (Wildman–Crippen MR) is 83.8 cm³/mol. The second kappa shape index (κ2) is 7.05. The number of amides is 1. The van der Waals surface area contributed by atoms with Crippen molar-refractivity contribution >= 4 is 5.91 Å². The van der Waals surface area contributed by atoms with Crippen molar-refractivity contribution in [2.75, 3.05) is 19.6 Å². The van der Waals surface area contributed by atoms with E-state index in [1.165, 1.54) is 24.3 Å². The molecule has 24 heavy (non-hydrogen) atoms. The molecule has 3 rings (SSSR count). The molecule has 1 aliphatic rings. The molecule has 1 fully saturated rings. The molecule has 0 spiro atoms. The van der Waals surface area contributed by atoms with Gasteiger partial charge in [-0.2, -0.15) is 0 Å². The van der Waals surface area contributed by atoms with E-state index < -0.39 is 11.6 Å². The van der Waals surface area contributed by atoms with Crippen LogP contribution >= 0.6 is 0 Å². The molecule has 1 N–H and O–H groups in total. The van der Waals surface area contributed by atoms with Gasteiger partial charge in [0.1, 0.15) is 5.82 Å². The van der Waals surface area contributed by atoms with Crippen LogP contribution in [0.4, 0.5) is 13.2 Å². The lowest BCUT2D eigenvalue weighted by atomic mass is 10.0. The Hall–Kier alpha value is -2.34. The van der Waals surface area contributed by atoms with E-state index in [-0.39, 0.29) is 29.8 Å². The molecular formula is C18H17F3N2O. The van der Waals surface area contributed by atoms with Crippen molar-refractivity contribution in [2.24, 2.45) is 0 Å². The average Bonchev–Trinajstić information content (AvgIpc) is 2.59. The van der Waals surface area contributed by atoms with Gasteiger partial charge in [0, 0.05) is 25.2 Å². The number of rotatable bonds is 3. The molecule has 1 amide bonds. The van der Waals surface area contributed by atoms with Gasteiger partial charge in [0.15, 0.2) is 11.6 Å². The Morgan fingerprint density at radius 1 is 1.17 bits per heavy atom. The van der Waals surface area contributed by atoms with E-state index in [1.807, 2.05) is 0 Å². The molecule has 1 atom stereocenters. The summed E-state index contributed by atoms with van der Waals surface area (Å²) in [7, 11) is 0. The number of halogens is 3. The lowest BCUT2D eigenvalue weighted by Gasteiger charge is -2.36. The first-order valence-electron chi connectivity index (χ1n) is 7.75.